The molecule has 6 nitrogen and oxygen atoms in total. The molecule has 1 amide bonds. The number of hydrogen-bond donors (Lipinski definition) is 1. The minimum absolute atomic E-state index is 0.167. The van der Waals surface area contributed by atoms with Crippen molar-refractivity contribution in [3.63, 3.8) is 0 Å². The van der Waals surface area contributed by atoms with Crippen LogP contribution >= 0.6 is 11.8 Å². The van der Waals surface area contributed by atoms with E-state index in [1.165, 1.54) is 18.9 Å². The summed E-state index contributed by atoms with van der Waals surface area (Å²) < 4.78 is 15.3. The fraction of sp³-hybridized carbons (Fsp3) is 0.300. The first-order valence-corrected chi connectivity index (χ1v) is 9.16. The van der Waals surface area contributed by atoms with Crippen molar-refractivity contribution < 1.29 is 23.8 Å². The zero-order valence-corrected chi connectivity index (χ0v) is 16.8. The fourth-order valence-electron chi connectivity index (χ4n) is 2.48. The Hall–Kier alpha value is -2.67. The molecule has 0 unspecified atom stereocenters. The van der Waals surface area contributed by atoms with Gasteiger partial charge in [-0.25, -0.2) is 4.79 Å². The van der Waals surface area contributed by atoms with Gasteiger partial charge in [0.05, 0.1) is 32.1 Å². The molecule has 27 heavy (non-hydrogen) atoms. The lowest BCUT2D eigenvalue weighted by atomic mass is 10.1. The molecular formula is C20H23NO5S. The van der Waals surface area contributed by atoms with Crippen molar-refractivity contribution in [1.82, 2.24) is 0 Å². The number of benzene rings is 2. The van der Waals surface area contributed by atoms with E-state index < -0.39 is 5.97 Å². The van der Waals surface area contributed by atoms with Gasteiger partial charge in [0.25, 0.3) is 0 Å². The molecule has 2 aromatic carbocycles. The topological polar surface area (TPSA) is 73.9 Å². The van der Waals surface area contributed by atoms with E-state index in [0.29, 0.717) is 28.3 Å². The largest absolute Gasteiger partial charge is 0.493 e. The first kappa shape index (κ1) is 20.6. The maximum Gasteiger partial charge on any atom is 0.338 e. The number of carbonyl (C=O) groups is 2. The molecule has 0 saturated carbocycles. The highest BCUT2D eigenvalue weighted by Gasteiger charge is 2.18. The Morgan fingerprint density at radius 1 is 1.04 bits per heavy atom. The molecule has 7 heteroatoms. The number of anilines is 1. The standard InChI is InChI=1S/C20H23NO5S/c1-12-15(20(23)26-5)7-6-8-16(12)21-19(22)13(2)27-14-9-10-17(24-3)18(11-14)25-4/h6-11,13H,1-5H3,(H,21,22)/t13-/m1/s1. The summed E-state index contributed by atoms with van der Waals surface area (Å²) >= 11 is 1.40. The summed E-state index contributed by atoms with van der Waals surface area (Å²) in [6.45, 7) is 3.59. The van der Waals surface area contributed by atoms with E-state index in [2.05, 4.69) is 5.32 Å². The van der Waals surface area contributed by atoms with Gasteiger partial charge in [-0.2, -0.15) is 0 Å². The molecule has 0 spiro atoms. The molecule has 2 rings (SSSR count). The molecule has 0 aliphatic heterocycles. The number of methoxy groups -OCH3 is 3. The fourth-order valence-corrected chi connectivity index (χ4v) is 3.38. The van der Waals surface area contributed by atoms with Gasteiger partial charge in [0.1, 0.15) is 0 Å². The van der Waals surface area contributed by atoms with Crippen LogP contribution in [0.25, 0.3) is 0 Å². The van der Waals surface area contributed by atoms with Gasteiger partial charge < -0.3 is 19.5 Å². The Balaban J connectivity index is 2.11. The molecule has 0 saturated heterocycles. The molecule has 0 radical (unpaired) electrons. The Kier molecular flexibility index (Phi) is 7.12. The summed E-state index contributed by atoms with van der Waals surface area (Å²) in [7, 11) is 4.47. The molecule has 2 aromatic rings. The second-order valence-electron chi connectivity index (χ2n) is 5.74. The molecule has 1 atom stereocenters. The normalized spacial score (nSPS) is 11.4. The SMILES string of the molecule is COC(=O)c1cccc(NC(=O)[C@@H](C)Sc2ccc(OC)c(OC)c2)c1C. The second kappa shape index (κ2) is 9.32. The Morgan fingerprint density at radius 3 is 2.37 bits per heavy atom. The Morgan fingerprint density at radius 2 is 1.74 bits per heavy atom. The van der Waals surface area contributed by atoms with Gasteiger partial charge in [-0.3, -0.25) is 4.79 Å². The number of amides is 1. The number of esters is 1. The summed E-state index contributed by atoms with van der Waals surface area (Å²) in [6.07, 6.45) is 0. The van der Waals surface area contributed by atoms with Crippen molar-refractivity contribution in [3.8, 4) is 11.5 Å². The van der Waals surface area contributed by atoms with Crippen molar-refractivity contribution in [2.75, 3.05) is 26.6 Å². The van der Waals surface area contributed by atoms with Crippen molar-refractivity contribution in [1.29, 1.82) is 0 Å². The Labute approximate surface area is 163 Å². The van der Waals surface area contributed by atoms with E-state index in [1.807, 2.05) is 19.1 Å². The first-order valence-electron chi connectivity index (χ1n) is 8.28. The van der Waals surface area contributed by atoms with Crippen LogP contribution in [0.1, 0.15) is 22.8 Å². The molecule has 1 N–H and O–H groups in total. The number of nitrogens with one attached hydrogen (secondary N) is 1. The van der Waals surface area contributed by atoms with E-state index in [-0.39, 0.29) is 11.2 Å². The lowest BCUT2D eigenvalue weighted by molar-refractivity contribution is -0.115. The summed E-state index contributed by atoms with van der Waals surface area (Å²) in [5.41, 5.74) is 1.68. The third-order valence-electron chi connectivity index (χ3n) is 4.03. The second-order valence-corrected chi connectivity index (χ2v) is 7.15. The maximum atomic E-state index is 12.6. The molecule has 0 fully saturated rings. The summed E-state index contributed by atoms with van der Waals surface area (Å²) in [6, 6.07) is 10.6. The van der Waals surface area contributed by atoms with Crippen molar-refractivity contribution in [3.05, 3.63) is 47.5 Å². The number of ether oxygens (including phenoxy) is 3. The first-order chi connectivity index (χ1) is 12.9. The number of hydrogen-bond acceptors (Lipinski definition) is 6. The molecule has 144 valence electrons. The van der Waals surface area contributed by atoms with Gasteiger partial charge in [-0.1, -0.05) is 6.07 Å². The van der Waals surface area contributed by atoms with Crippen LogP contribution in [0.4, 0.5) is 5.69 Å². The quantitative estimate of drug-likeness (QED) is 0.572. The van der Waals surface area contributed by atoms with Crippen molar-refractivity contribution >= 4 is 29.3 Å². The third-order valence-corrected chi connectivity index (χ3v) is 5.13. The molecule has 0 heterocycles. The van der Waals surface area contributed by atoms with Crippen LogP contribution in [0.3, 0.4) is 0 Å². The van der Waals surface area contributed by atoms with E-state index in [4.69, 9.17) is 14.2 Å². The highest BCUT2D eigenvalue weighted by Crippen LogP contribution is 2.34. The lowest BCUT2D eigenvalue weighted by Crippen LogP contribution is -2.23. The third kappa shape index (κ3) is 4.95. The van der Waals surface area contributed by atoms with Gasteiger partial charge in [0, 0.05) is 10.6 Å². The minimum atomic E-state index is -0.434. The van der Waals surface area contributed by atoms with Gasteiger partial charge in [0.2, 0.25) is 5.91 Å². The molecular weight excluding hydrogens is 366 g/mol. The van der Waals surface area contributed by atoms with Crippen LogP contribution in [0.2, 0.25) is 0 Å². The van der Waals surface area contributed by atoms with Gasteiger partial charge in [0.15, 0.2) is 11.5 Å². The zero-order valence-electron chi connectivity index (χ0n) is 16.0. The monoisotopic (exact) mass is 389 g/mol. The number of rotatable bonds is 7. The van der Waals surface area contributed by atoms with Crippen LogP contribution in [-0.4, -0.2) is 38.5 Å². The smallest absolute Gasteiger partial charge is 0.338 e. The highest BCUT2D eigenvalue weighted by molar-refractivity contribution is 8.00. The van der Waals surface area contributed by atoms with Crippen LogP contribution < -0.4 is 14.8 Å². The summed E-state index contributed by atoms with van der Waals surface area (Å²) in [4.78, 5) is 25.3. The van der Waals surface area contributed by atoms with Crippen LogP contribution in [-0.2, 0) is 9.53 Å². The zero-order chi connectivity index (χ0) is 20.0. The van der Waals surface area contributed by atoms with E-state index in [0.717, 1.165) is 4.90 Å². The van der Waals surface area contributed by atoms with E-state index >= 15 is 0 Å². The summed E-state index contributed by atoms with van der Waals surface area (Å²) in [5.74, 6) is 0.641. The van der Waals surface area contributed by atoms with Crippen LogP contribution in [0.5, 0.6) is 11.5 Å². The van der Waals surface area contributed by atoms with E-state index in [1.54, 1.807) is 45.4 Å². The number of carbonyl (C=O) groups excluding carboxylic acids is 2. The predicted octanol–water partition coefficient (Wildman–Crippen LogP) is 3.92. The lowest BCUT2D eigenvalue weighted by Gasteiger charge is -2.16. The minimum Gasteiger partial charge on any atom is -0.493 e. The maximum absolute atomic E-state index is 12.6. The molecule has 0 aromatic heterocycles. The summed E-state index contributed by atoms with van der Waals surface area (Å²) in [5, 5.41) is 2.52. The molecule has 0 aliphatic rings. The highest BCUT2D eigenvalue weighted by atomic mass is 32.2. The predicted molar refractivity (Wildman–Crippen MR) is 106 cm³/mol. The van der Waals surface area contributed by atoms with Gasteiger partial charge in [-0.15, -0.1) is 11.8 Å². The van der Waals surface area contributed by atoms with Crippen LogP contribution in [0, 0.1) is 6.92 Å². The molecule has 0 aliphatic carbocycles. The van der Waals surface area contributed by atoms with Crippen LogP contribution in [0.15, 0.2) is 41.3 Å². The Bertz CT molecular complexity index is 837. The van der Waals surface area contributed by atoms with Crippen molar-refractivity contribution in [2.45, 2.75) is 24.0 Å². The van der Waals surface area contributed by atoms with E-state index in [9.17, 15) is 9.59 Å². The average Bonchev–Trinajstić information content (AvgIpc) is 2.68. The van der Waals surface area contributed by atoms with Gasteiger partial charge >= 0.3 is 5.97 Å². The van der Waals surface area contributed by atoms with Gasteiger partial charge in [-0.05, 0) is 49.7 Å². The molecule has 0 bridgehead atoms. The number of thioether (sulfide) groups is 1. The average molecular weight is 389 g/mol. The van der Waals surface area contributed by atoms with Crippen molar-refractivity contribution in [2.24, 2.45) is 0 Å².